The van der Waals surface area contributed by atoms with Crippen molar-refractivity contribution in [1.82, 2.24) is 4.98 Å². The van der Waals surface area contributed by atoms with Gasteiger partial charge in [-0.15, -0.1) is 0 Å². The lowest BCUT2D eigenvalue weighted by molar-refractivity contribution is -0.139. The van der Waals surface area contributed by atoms with Gasteiger partial charge in [-0.3, -0.25) is 4.79 Å². The number of carboxylic acid groups (broad SMARTS) is 1. The highest BCUT2D eigenvalue weighted by atomic mass is 16.5. The molecule has 0 saturated heterocycles. The smallest absolute Gasteiger partial charge is 0.341 e. The average molecular weight is 436 g/mol. The van der Waals surface area contributed by atoms with E-state index in [2.05, 4.69) is 4.98 Å². The molecule has 0 radical (unpaired) electrons. The Morgan fingerprint density at radius 3 is 2.12 bits per heavy atom. The fourth-order valence-electron chi connectivity index (χ4n) is 3.17. The molecule has 164 valence electrons. The minimum atomic E-state index is -1.08. The number of aromatic nitrogens is 1. The second kappa shape index (κ2) is 9.57. The van der Waals surface area contributed by atoms with Crippen LogP contribution in [-0.2, 0) is 4.79 Å². The van der Waals surface area contributed by atoms with Gasteiger partial charge in [-0.1, -0.05) is 0 Å². The fourth-order valence-corrected chi connectivity index (χ4v) is 3.17. The summed E-state index contributed by atoms with van der Waals surface area (Å²) < 4.78 is 21.2. The number of nitrogens with zero attached hydrogens (tertiary/aromatic N) is 1. The van der Waals surface area contributed by atoms with E-state index in [-0.39, 0.29) is 5.56 Å². The van der Waals surface area contributed by atoms with Crippen molar-refractivity contribution in [3.05, 3.63) is 58.4 Å². The van der Waals surface area contributed by atoms with E-state index < -0.39 is 18.1 Å². The molecule has 9 nitrogen and oxygen atoms in total. The highest BCUT2D eigenvalue weighted by molar-refractivity contribution is 5.78. The maximum atomic E-state index is 12.7. The molecule has 9 heteroatoms. The molecule has 0 saturated carbocycles. The molecule has 3 rings (SSSR count). The van der Waals surface area contributed by atoms with Gasteiger partial charge in [-0.05, 0) is 53.6 Å². The van der Waals surface area contributed by atoms with Crippen molar-refractivity contribution in [2.75, 3.05) is 27.9 Å². The molecule has 3 aromatic rings. The van der Waals surface area contributed by atoms with Crippen molar-refractivity contribution in [2.24, 2.45) is 0 Å². The minimum absolute atomic E-state index is 0.0653. The first-order chi connectivity index (χ1) is 15.4. The van der Waals surface area contributed by atoms with Crippen LogP contribution in [0.25, 0.3) is 22.4 Å². The van der Waals surface area contributed by atoms with E-state index in [0.29, 0.717) is 45.4 Å². The van der Waals surface area contributed by atoms with Crippen LogP contribution in [0.15, 0.2) is 47.3 Å². The summed E-state index contributed by atoms with van der Waals surface area (Å²) in [6, 6.07) is 13.5. The van der Waals surface area contributed by atoms with Crippen molar-refractivity contribution in [2.45, 2.75) is 0 Å². The maximum absolute atomic E-state index is 12.7. The summed E-state index contributed by atoms with van der Waals surface area (Å²) in [6.45, 7) is -0.460. The van der Waals surface area contributed by atoms with Crippen LogP contribution in [0.1, 0.15) is 5.56 Å². The number of nitrogens with one attached hydrogen (secondary N) is 1. The van der Waals surface area contributed by atoms with Gasteiger partial charge < -0.3 is 29.0 Å². The van der Waals surface area contributed by atoms with Crippen LogP contribution >= 0.6 is 0 Å². The number of pyridine rings is 1. The summed E-state index contributed by atoms with van der Waals surface area (Å²) in [5, 5.41) is 18.3. The van der Waals surface area contributed by atoms with Crippen molar-refractivity contribution in [1.29, 1.82) is 5.26 Å². The van der Waals surface area contributed by atoms with Crippen LogP contribution in [0.3, 0.4) is 0 Å². The van der Waals surface area contributed by atoms with E-state index in [1.54, 1.807) is 42.5 Å². The third-order valence-electron chi connectivity index (χ3n) is 4.65. The van der Waals surface area contributed by atoms with Gasteiger partial charge in [-0.25, -0.2) is 4.79 Å². The predicted molar refractivity (Wildman–Crippen MR) is 115 cm³/mol. The van der Waals surface area contributed by atoms with Gasteiger partial charge in [0.2, 0.25) is 5.75 Å². The van der Waals surface area contributed by atoms with Crippen molar-refractivity contribution < 1.29 is 28.8 Å². The molecule has 2 aromatic carbocycles. The lowest BCUT2D eigenvalue weighted by Gasteiger charge is -2.15. The molecule has 1 aromatic heterocycles. The second-order valence-electron chi connectivity index (χ2n) is 6.53. The van der Waals surface area contributed by atoms with Crippen molar-refractivity contribution in [3.8, 4) is 51.5 Å². The number of ether oxygens (including phenoxy) is 4. The predicted octanol–water partition coefficient (Wildman–Crippen LogP) is 3.07. The number of aliphatic carboxylic acids is 1. The molecule has 32 heavy (non-hydrogen) atoms. The standard InChI is InChI=1S/C23H20N2O7/c1-29-19-8-14(9-20(30-2)22(19)31-3)16-10-18(25-23(28)17(16)11-24)13-4-6-15(7-5-13)32-12-21(26)27/h4-10H,12H2,1-3H3,(H,25,28)(H,26,27). The first-order valence-electron chi connectivity index (χ1n) is 9.34. The van der Waals surface area contributed by atoms with E-state index in [1.165, 1.54) is 21.3 Å². The zero-order chi connectivity index (χ0) is 23.3. The highest BCUT2D eigenvalue weighted by Crippen LogP contribution is 2.42. The maximum Gasteiger partial charge on any atom is 0.341 e. The van der Waals surface area contributed by atoms with Crippen LogP contribution in [0.5, 0.6) is 23.0 Å². The van der Waals surface area contributed by atoms with Crippen LogP contribution in [0.4, 0.5) is 0 Å². The molecule has 0 unspecified atom stereocenters. The second-order valence-corrected chi connectivity index (χ2v) is 6.53. The average Bonchev–Trinajstić information content (AvgIpc) is 2.81. The minimum Gasteiger partial charge on any atom is -0.493 e. The van der Waals surface area contributed by atoms with Crippen LogP contribution in [0, 0.1) is 11.3 Å². The molecule has 0 bridgehead atoms. The Balaban J connectivity index is 2.12. The van der Waals surface area contributed by atoms with Gasteiger partial charge in [0, 0.05) is 11.3 Å². The van der Waals surface area contributed by atoms with E-state index in [0.717, 1.165) is 0 Å². The van der Waals surface area contributed by atoms with Gasteiger partial charge >= 0.3 is 5.97 Å². The third kappa shape index (κ3) is 4.49. The number of rotatable bonds is 8. The van der Waals surface area contributed by atoms with Crippen molar-refractivity contribution in [3.63, 3.8) is 0 Å². The normalized spacial score (nSPS) is 10.2. The number of methoxy groups -OCH3 is 3. The number of carboxylic acids is 1. The van der Waals surface area contributed by atoms with E-state index >= 15 is 0 Å². The zero-order valence-electron chi connectivity index (χ0n) is 17.6. The van der Waals surface area contributed by atoms with E-state index in [4.69, 9.17) is 24.1 Å². The molecule has 0 aliphatic heterocycles. The summed E-state index contributed by atoms with van der Waals surface area (Å²) in [6.07, 6.45) is 0. The lowest BCUT2D eigenvalue weighted by atomic mass is 9.98. The fraction of sp³-hybridized carbons (Fsp3) is 0.174. The molecule has 0 spiro atoms. The van der Waals surface area contributed by atoms with Crippen LogP contribution < -0.4 is 24.5 Å². The number of carbonyl (C=O) groups is 1. The number of H-pyrrole nitrogens is 1. The van der Waals surface area contributed by atoms with E-state index in [1.807, 2.05) is 6.07 Å². The summed E-state index contributed by atoms with van der Waals surface area (Å²) >= 11 is 0. The number of hydrogen-bond acceptors (Lipinski definition) is 7. The summed E-state index contributed by atoms with van der Waals surface area (Å²) in [4.78, 5) is 26.0. The summed E-state index contributed by atoms with van der Waals surface area (Å²) in [5.41, 5.74) is 1.40. The van der Waals surface area contributed by atoms with Gasteiger partial charge in [-0.2, -0.15) is 5.26 Å². The molecule has 0 atom stereocenters. The Morgan fingerprint density at radius 2 is 1.62 bits per heavy atom. The highest BCUT2D eigenvalue weighted by Gasteiger charge is 2.18. The molecular weight excluding hydrogens is 416 g/mol. The molecule has 0 aliphatic carbocycles. The Hall–Kier alpha value is -4.45. The first-order valence-corrected chi connectivity index (χ1v) is 9.34. The Morgan fingerprint density at radius 1 is 1.00 bits per heavy atom. The summed E-state index contributed by atoms with van der Waals surface area (Å²) in [7, 11) is 4.43. The first kappa shape index (κ1) is 22.2. The quantitative estimate of drug-likeness (QED) is 0.551. The number of benzene rings is 2. The SMILES string of the molecule is COc1cc(-c2cc(-c3ccc(OCC(=O)O)cc3)[nH]c(=O)c2C#N)cc(OC)c1OC. The molecule has 0 fully saturated rings. The van der Waals surface area contributed by atoms with Crippen LogP contribution in [0.2, 0.25) is 0 Å². The molecule has 0 aliphatic rings. The summed E-state index contributed by atoms with van der Waals surface area (Å²) in [5.74, 6) is 0.441. The number of hydrogen-bond donors (Lipinski definition) is 2. The number of aromatic amines is 1. The lowest BCUT2D eigenvalue weighted by Crippen LogP contribution is -2.13. The Bertz CT molecular complexity index is 1220. The van der Waals surface area contributed by atoms with E-state index in [9.17, 15) is 14.9 Å². The molecule has 1 heterocycles. The van der Waals surface area contributed by atoms with Crippen molar-refractivity contribution >= 4 is 5.97 Å². The topological polar surface area (TPSA) is 131 Å². The van der Waals surface area contributed by atoms with Gasteiger partial charge in [0.25, 0.3) is 5.56 Å². The Kier molecular flexibility index (Phi) is 6.65. The molecule has 0 amide bonds. The number of nitriles is 1. The van der Waals surface area contributed by atoms with Crippen LogP contribution in [-0.4, -0.2) is 44.0 Å². The van der Waals surface area contributed by atoms with Gasteiger partial charge in [0.15, 0.2) is 18.1 Å². The van der Waals surface area contributed by atoms with Gasteiger partial charge in [0.1, 0.15) is 17.4 Å². The Labute approximate surface area is 183 Å². The monoisotopic (exact) mass is 436 g/mol. The van der Waals surface area contributed by atoms with Gasteiger partial charge in [0.05, 0.1) is 21.3 Å². The zero-order valence-corrected chi connectivity index (χ0v) is 17.6. The third-order valence-corrected chi connectivity index (χ3v) is 4.65. The molecule has 2 N–H and O–H groups in total. The largest absolute Gasteiger partial charge is 0.493 e. The molecular formula is C23H20N2O7.